The summed E-state index contributed by atoms with van der Waals surface area (Å²) >= 11 is 0. The SMILES string of the molecule is Cn1cc(-c2cnc3cnc(NC(=O)CN4CCC(C(F)F)CC4)cc3c2)cn1. The van der Waals surface area contributed by atoms with Crippen LogP contribution in [0.2, 0.25) is 0 Å². The molecule has 4 rings (SSSR count). The van der Waals surface area contributed by atoms with E-state index >= 15 is 0 Å². The Kier molecular flexibility index (Phi) is 5.48. The summed E-state index contributed by atoms with van der Waals surface area (Å²) in [5.74, 6) is -0.322. The zero-order chi connectivity index (χ0) is 20.4. The molecule has 0 radical (unpaired) electrons. The van der Waals surface area contributed by atoms with E-state index in [4.69, 9.17) is 0 Å². The molecule has 1 amide bonds. The quantitative estimate of drug-likeness (QED) is 0.713. The second kappa shape index (κ2) is 8.20. The highest BCUT2D eigenvalue weighted by molar-refractivity contribution is 5.93. The summed E-state index contributed by atoms with van der Waals surface area (Å²) < 4.78 is 27.2. The summed E-state index contributed by atoms with van der Waals surface area (Å²) in [6.45, 7) is 1.18. The van der Waals surface area contributed by atoms with Crippen molar-refractivity contribution in [2.75, 3.05) is 25.0 Å². The predicted molar refractivity (Wildman–Crippen MR) is 106 cm³/mol. The lowest BCUT2D eigenvalue weighted by Crippen LogP contribution is -2.40. The largest absolute Gasteiger partial charge is 0.310 e. The number of aryl methyl sites for hydroxylation is 1. The molecule has 3 aromatic heterocycles. The summed E-state index contributed by atoms with van der Waals surface area (Å²) in [5, 5.41) is 7.82. The van der Waals surface area contributed by atoms with Gasteiger partial charge in [-0.2, -0.15) is 5.10 Å². The number of rotatable bonds is 5. The maximum atomic E-state index is 12.7. The van der Waals surface area contributed by atoms with Crippen LogP contribution in [0.4, 0.5) is 14.6 Å². The number of aromatic nitrogens is 4. The Hall–Kier alpha value is -2.94. The second-order valence-corrected chi connectivity index (χ2v) is 7.39. The minimum atomic E-state index is -2.28. The molecule has 0 atom stereocenters. The first kappa shape index (κ1) is 19.4. The van der Waals surface area contributed by atoms with Crippen molar-refractivity contribution in [2.45, 2.75) is 19.3 Å². The first-order valence-corrected chi connectivity index (χ1v) is 9.53. The Bertz CT molecular complexity index is 1010. The van der Waals surface area contributed by atoms with Gasteiger partial charge in [0.05, 0.1) is 24.5 Å². The van der Waals surface area contributed by atoms with E-state index in [2.05, 4.69) is 20.4 Å². The van der Waals surface area contributed by atoms with Crippen LogP contribution in [0.25, 0.3) is 22.0 Å². The number of amides is 1. The van der Waals surface area contributed by atoms with Crippen LogP contribution in [0.1, 0.15) is 12.8 Å². The fraction of sp³-hybridized carbons (Fsp3) is 0.400. The van der Waals surface area contributed by atoms with Crippen molar-refractivity contribution >= 4 is 22.6 Å². The molecule has 152 valence electrons. The van der Waals surface area contributed by atoms with Gasteiger partial charge in [-0.25, -0.2) is 13.8 Å². The molecule has 0 bridgehead atoms. The number of carbonyl (C=O) groups is 1. The van der Waals surface area contributed by atoms with Crippen molar-refractivity contribution in [1.82, 2.24) is 24.6 Å². The number of hydrogen-bond donors (Lipinski definition) is 1. The molecular formula is C20H22F2N6O. The molecule has 1 N–H and O–H groups in total. The van der Waals surface area contributed by atoms with Crippen molar-refractivity contribution in [1.29, 1.82) is 0 Å². The van der Waals surface area contributed by atoms with Gasteiger partial charge in [-0.3, -0.25) is 19.4 Å². The zero-order valence-corrected chi connectivity index (χ0v) is 16.1. The maximum absolute atomic E-state index is 12.7. The number of anilines is 1. The van der Waals surface area contributed by atoms with E-state index in [1.165, 1.54) is 0 Å². The van der Waals surface area contributed by atoms with Crippen molar-refractivity contribution in [3.05, 3.63) is 36.9 Å². The second-order valence-electron chi connectivity index (χ2n) is 7.39. The van der Waals surface area contributed by atoms with Gasteiger partial charge in [-0.05, 0) is 38.1 Å². The van der Waals surface area contributed by atoms with Crippen LogP contribution < -0.4 is 5.32 Å². The molecule has 0 spiro atoms. The van der Waals surface area contributed by atoms with E-state index in [1.807, 2.05) is 24.2 Å². The van der Waals surface area contributed by atoms with E-state index in [9.17, 15) is 13.6 Å². The monoisotopic (exact) mass is 400 g/mol. The lowest BCUT2D eigenvalue weighted by molar-refractivity contribution is -0.117. The molecule has 9 heteroatoms. The van der Waals surface area contributed by atoms with Crippen molar-refractivity contribution < 1.29 is 13.6 Å². The molecule has 7 nitrogen and oxygen atoms in total. The van der Waals surface area contributed by atoms with Gasteiger partial charge < -0.3 is 5.32 Å². The minimum Gasteiger partial charge on any atom is -0.310 e. The highest BCUT2D eigenvalue weighted by atomic mass is 19.3. The topological polar surface area (TPSA) is 75.9 Å². The van der Waals surface area contributed by atoms with Crippen LogP contribution in [0.3, 0.4) is 0 Å². The highest BCUT2D eigenvalue weighted by Crippen LogP contribution is 2.24. The van der Waals surface area contributed by atoms with E-state index in [0.29, 0.717) is 31.7 Å². The number of nitrogens with zero attached hydrogens (tertiary/aromatic N) is 5. The number of pyridine rings is 2. The third-order valence-electron chi connectivity index (χ3n) is 5.23. The molecule has 0 aliphatic carbocycles. The normalized spacial score (nSPS) is 15.9. The molecule has 0 saturated carbocycles. The molecule has 3 aromatic rings. The number of alkyl halides is 2. The summed E-state index contributed by atoms with van der Waals surface area (Å²) in [6.07, 6.45) is 5.62. The fourth-order valence-corrected chi connectivity index (χ4v) is 3.58. The molecule has 1 fully saturated rings. The Balaban J connectivity index is 1.42. The Morgan fingerprint density at radius 3 is 2.66 bits per heavy atom. The standard InChI is InChI=1S/C20H22F2N6O/c1-27-11-16(9-25-27)15-6-14-7-18(24-10-17(14)23-8-15)26-19(29)12-28-4-2-13(3-5-28)20(21)22/h6-11,13,20H,2-5,12H2,1H3,(H,24,26,29). The van der Waals surface area contributed by atoms with Gasteiger partial charge in [0, 0.05) is 41.9 Å². The molecular weight excluding hydrogens is 378 g/mol. The maximum Gasteiger partial charge on any atom is 0.241 e. The highest BCUT2D eigenvalue weighted by Gasteiger charge is 2.26. The van der Waals surface area contributed by atoms with Crippen LogP contribution >= 0.6 is 0 Å². The summed E-state index contributed by atoms with van der Waals surface area (Å²) in [5.41, 5.74) is 2.61. The number of hydrogen-bond acceptors (Lipinski definition) is 5. The fourth-order valence-electron chi connectivity index (χ4n) is 3.58. The number of fused-ring (bicyclic) bond motifs is 1. The van der Waals surface area contributed by atoms with Gasteiger partial charge in [0.15, 0.2) is 0 Å². The molecule has 1 aliphatic heterocycles. The number of likely N-dealkylation sites (tertiary alicyclic amines) is 1. The summed E-state index contributed by atoms with van der Waals surface area (Å²) in [6, 6.07) is 3.76. The Morgan fingerprint density at radius 2 is 1.97 bits per heavy atom. The molecule has 1 saturated heterocycles. The molecule has 4 heterocycles. The van der Waals surface area contributed by atoms with E-state index in [1.54, 1.807) is 29.3 Å². The lowest BCUT2D eigenvalue weighted by Gasteiger charge is -2.30. The van der Waals surface area contributed by atoms with E-state index in [-0.39, 0.29) is 12.5 Å². The van der Waals surface area contributed by atoms with Crippen LogP contribution in [-0.4, -0.2) is 56.6 Å². The Morgan fingerprint density at radius 1 is 1.17 bits per heavy atom. The molecule has 29 heavy (non-hydrogen) atoms. The third-order valence-corrected chi connectivity index (χ3v) is 5.23. The van der Waals surface area contributed by atoms with Crippen LogP contribution in [0.5, 0.6) is 0 Å². The van der Waals surface area contributed by atoms with Gasteiger partial charge in [-0.1, -0.05) is 0 Å². The minimum absolute atomic E-state index is 0.170. The molecule has 1 aliphatic rings. The van der Waals surface area contributed by atoms with Gasteiger partial charge in [0.2, 0.25) is 12.3 Å². The summed E-state index contributed by atoms with van der Waals surface area (Å²) in [7, 11) is 1.85. The predicted octanol–water partition coefficient (Wildman–Crippen LogP) is 2.95. The molecule has 0 unspecified atom stereocenters. The number of nitrogens with one attached hydrogen (secondary N) is 1. The first-order chi connectivity index (χ1) is 14.0. The zero-order valence-electron chi connectivity index (χ0n) is 16.1. The number of piperidine rings is 1. The van der Waals surface area contributed by atoms with Crippen molar-refractivity contribution in [3.8, 4) is 11.1 Å². The third kappa shape index (κ3) is 4.56. The van der Waals surface area contributed by atoms with Crippen LogP contribution in [0.15, 0.2) is 36.9 Å². The van der Waals surface area contributed by atoms with Gasteiger partial charge in [0.1, 0.15) is 5.82 Å². The first-order valence-electron chi connectivity index (χ1n) is 9.53. The summed E-state index contributed by atoms with van der Waals surface area (Å²) in [4.78, 5) is 22.9. The average Bonchev–Trinajstić information content (AvgIpc) is 3.14. The Labute approximate surface area is 166 Å². The van der Waals surface area contributed by atoms with Gasteiger partial charge >= 0.3 is 0 Å². The number of carbonyl (C=O) groups excluding carboxylic acids is 1. The molecule has 0 aromatic carbocycles. The van der Waals surface area contributed by atoms with Crippen molar-refractivity contribution in [3.63, 3.8) is 0 Å². The lowest BCUT2D eigenvalue weighted by atomic mass is 9.97. The van der Waals surface area contributed by atoms with Gasteiger partial charge in [0.25, 0.3) is 0 Å². The van der Waals surface area contributed by atoms with E-state index < -0.39 is 12.3 Å². The average molecular weight is 400 g/mol. The van der Waals surface area contributed by atoms with Crippen LogP contribution in [0, 0.1) is 5.92 Å². The smallest absolute Gasteiger partial charge is 0.241 e. The van der Waals surface area contributed by atoms with E-state index in [0.717, 1.165) is 22.0 Å². The number of halogens is 2. The van der Waals surface area contributed by atoms with Crippen molar-refractivity contribution in [2.24, 2.45) is 13.0 Å². The van der Waals surface area contributed by atoms with Gasteiger partial charge in [-0.15, -0.1) is 0 Å². The van der Waals surface area contributed by atoms with Crippen LogP contribution in [-0.2, 0) is 11.8 Å².